The Bertz CT molecular complexity index is 693. The smallest absolute Gasteiger partial charge is 0.414 e. The molecule has 2 atom stereocenters. The van der Waals surface area contributed by atoms with Crippen LogP contribution >= 0.6 is 0 Å². The lowest BCUT2D eigenvalue weighted by Crippen LogP contribution is -2.42. The lowest BCUT2D eigenvalue weighted by molar-refractivity contribution is -0.159. The molecule has 0 unspecified atom stereocenters. The number of hydrogen-bond acceptors (Lipinski definition) is 4. The second kappa shape index (κ2) is 9.58. The molecule has 26 heavy (non-hydrogen) atoms. The van der Waals surface area contributed by atoms with Crippen LogP contribution in [-0.2, 0) is 9.59 Å². The Labute approximate surface area is 152 Å². The van der Waals surface area contributed by atoms with Gasteiger partial charge < -0.3 is 19.8 Å². The fourth-order valence-electron chi connectivity index (χ4n) is 2.93. The Morgan fingerprint density at radius 2 is 1.50 bits per heavy atom. The standard InChI is InChI=1S/C18H21NO.C2H2O4/c1-19-13-12-18(20-16-10-6-3-7-11-16)17(14-19)15-8-4-2-5-9-15;3-1(4)2(5)6/h2-11,17-18H,12-14H2,1H3;(H,3,4)(H,5,6)/t17-,18+;/m1./s1. The van der Waals surface area contributed by atoms with Gasteiger partial charge in [0.25, 0.3) is 0 Å². The molecule has 138 valence electrons. The van der Waals surface area contributed by atoms with Crippen molar-refractivity contribution < 1.29 is 24.5 Å². The third-order valence-corrected chi connectivity index (χ3v) is 4.19. The summed E-state index contributed by atoms with van der Waals surface area (Å²) in [7, 11) is 2.19. The van der Waals surface area contributed by atoms with Crippen LogP contribution in [0.4, 0.5) is 0 Å². The topological polar surface area (TPSA) is 87.1 Å². The molecule has 0 amide bonds. The van der Waals surface area contributed by atoms with Gasteiger partial charge in [-0.05, 0) is 31.2 Å². The molecule has 6 heteroatoms. The number of hydrogen-bond donors (Lipinski definition) is 2. The Kier molecular flexibility index (Phi) is 7.17. The minimum atomic E-state index is -1.82. The minimum Gasteiger partial charge on any atom is -0.490 e. The fraction of sp³-hybridized carbons (Fsp3) is 0.300. The van der Waals surface area contributed by atoms with E-state index in [1.54, 1.807) is 0 Å². The van der Waals surface area contributed by atoms with Gasteiger partial charge in [-0.15, -0.1) is 0 Å². The predicted octanol–water partition coefficient (Wildman–Crippen LogP) is 2.71. The van der Waals surface area contributed by atoms with Crippen molar-refractivity contribution in [3.8, 4) is 5.75 Å². The van der Waals surface area contributed by atoms with Crippen LogP contribution in [-0.4, -0.2) is 53.3 Å². The van der Waals surface area contributed by atoms with Gasteiger partial charge in [0.2, 0.25) is 0 Å². The Morgan fingerprint density at radius 3 is 2.04 bits per heavy atom. The van der Waals surface area contributed by atoms with E-state index >= 15 is 0 Å². The van der Waals surface area contributed by atoms with Gasteiger partial charge in [-0.25, -0.2) is 9.59 Å². The number of likely N-dealkylation sites (N-methyl/N-ethyl adjacent to an activating group) is 1. The lowest BCUT2D eigenvalue weighted by Gasteiger charge is -2.37. The summed E-state index contributed by atoms with van der Waals surface area (Å²) in [5.41, 5.74) is 1.37. The fourth-order valence-corrected chi connectivity index (χ4v) is 2.93. The molecule has 3 rings (SSSR count). The summed E-state index contributed by atoms with van der Waals surface area (Å²) in [6, 6.07) is 20.9. The van der Waals surface area contributed by atoms with Crippen LogP contribution in [0.5, 0.6) is 5.75 Å². The van der Waals surface area contributed by atoms with Gasteiger partial charge in [-0.3, -0.25) is 0 Å². The number of carboxylic acids is 2. The van der Waals surface area contributed by atoms with Crippen LogP contribution in [0.15, 0.2) is 60.7 Å². The largest absolute Gasteiger partial charge is 0.490 e. The van der Waals surface area contributed by atoms with Gasteiger partial charge in [0.1, 0.15) is 11.9 Å². The van der Waals surface area contributed by atoms with Crippen molar-refractivity contribution in [1.82, 2.24) is 4.90 Å². The summed E-state index contributed by atoms with van der Waals surface area (Å²) in [5.74, 6) is -2.23. The average molecular weight is 357 g/mol. The van der Waals surface area contributed by atoms with E-state index in [9.17, 15) is 0 Å². The van der Waals surface area contributed by atoms with Crippen LogP contribution < -0.4 is 4.74 Å². The summed E-state index contributed by atoms with van der Waals surface area (Å²) < 4.78 is 6.24. The van der Waals surface area contributed by atoms with E-state index in [2.05, 4.69) is 42.3 Å². The molecule has 1 heterocycles. The SMILES string of the molecule is CN1CC[C@H](Oc2ccccc2)[C@@H](c2ccccc2)C1.O=C(O)C(=O)O. The monoisotopic (exact) mass is 357 g/mol. The molecule has 0 bridgehead atoms. The number of carboxylic acid groups (broad SMARTS) is 2. The number of ether oxygens (including phenoxy) is 1. The van der Waals surface area contributed by atoms with Gasteiger partial charge in [0.15, 0.2) is 0 Å². The van der Waals surface area contributed by atoms with Gasteiger partial charge in [0, 0.05) is 19.0 Å². The Morgan fingerprint density at radius 1 is 0.962 bits per heavy atom. The average Bonchev–Trinajstić information content (AvgIpc) is 2.65. The van der Waals surface area contributed by atoms with Gasteiger partial charge in [0.05, 0.1) is 0 Å². The number of para-hydroxylation sites is 1. The molecule has 2 aromatic carbocycles. The molecular formula is C20H23NO5. The first kappa shape index (κ1) is 19.5. The maximum Gasteiger partial charge on any atom is 0.414 e. The quantitative estimate of drug-likeness (QED) is 0.822. The van der Waals surface area contributed by atoms with E-state index in [1.807, 2.05) is 30.3 Å². The minimum absolute atomic E-state index is 0.260. The number of aliphatic carboxylic acids is 2. The zero-order valence-corrected chi connectivity index (χ0v) is 14.6. The highest BCUT2D eigenvalue weighted by Crippen LogP contribution is 2.30. The second-order valence-electron chi connectivity index (χ2n) is 6.15. The summed E-state index contributed by atoms with van der Waals surface area (Å²) in [5, 5.41) is 14.8. The summed E-state index contributed by atoms with van der Waals surface area (Å²) in [6.07, 6.45) is 1.33. The molecule has 0 spiro atoms. The summed E-state index contributed by atoms with van der Waals surface area (Å²) in [4.78, 5) is 20.6. The molecule has 0 aromatic heterocycles. The third-order valence-electron chi connectivity index (χ3n) is 4.19. The predicted molar refractivity (Wildman–Crippen MR) is 97.4 cm³/mol. The van der Waals surface area contributed by atoms with E-state index < -0.39 is 11.9 Å². The molecule has 1 aliphatic heterocycles. The molecule has 6 nitrogen and oxygen atoms in total. The van der Waals surface area contributed by atoms with Crippen LogP contribution in [0, 0.1) is 0 Å². The molecule has 0 aliphatic carbocycles. The number of rotatable bonds is 3. The molecule has 1 fully saturated rings. The Hall–Kier alpha value is -2.86. The van der Waals surface area contributed by atoms with Crippen LogP contribution in [0.1, 0.15) is 17.9 Å². The molecule has 2 aromatic rings. The highest BCUT2D eigenvalue weighted by Gasteiger charge is 2.30. The maximum atomic E-state index is 9.10. The van der Waals surface area contributed by atoms with E-state index in [1.165, 1.54) is 5.56 Å². The van der Waals surface area contributed by atoms with Crippen LogP contribution in [0.25, 0.3) is 0 Å². The third kappa shape index (κ3) is 5.89. The number of carbonyl (C=O) groups is 2. The van der Waals surface area contributed by atoms with Crippen LogP contribution in [0.3, 0.4) is 0 Å². The Balaban J connectivity index is 0.000000352. The first-order valence-corrected chi connectivity index (χ1v) is 8.38. The number of benzene rings is 2. The second-order valence-corrected chi connectivity index (χ2v) is 6.15. The molecule has 1 saturated heterocycles. The van der Waals surface area contributed by atoms with Crippen molar-refractivity contribution in [3.05, 3.63) is 66.2 Å². The first-order chi connectivity index (χ1) is 12.5. The number of nitrogens with zero attached hydrogens (tertiary/aromatic N) is 1. The molecule has 1 aliphatic rings. The zero-order chi connectivity index (χ0) is 18.9. The summed E-state index contributed by atoms with van der Waals surface area (Å²) in [6.45, 7) is 2.16. The summed E-state index contributed by atoms with van der Waals surface area (Å²) >= 11 is 0. The van der Waals surface area contributed by atoms with Crippen molar-refractivity contribution in [2.45, 2.75) is 18.4 Å². The van der Waals surface area contributed by atoms with E-state index in [0.717, 1.165) is 25.3 Å². The van der Waals surface area contributed by atoms with Crippen molar-refractivity contribution in [1.29, 1.82) is 0 Å². The van der Waals surface area contributed by atoms with Crippen molar-refractivity contribution in [3.63, 3.8) is 0 Å². The number of likely N-dealkylation sites (tertiary alicyclic amines) is 1. The highest BCUT2D eigenvalue weighted by molar-refractivity contribution is 6.27. The van der Waals surface area contributed by atoms with Crippen molar-refractivity contribution in [2.75, 3.05) is 20.1 Å². The zero-order valence-electron chi connectivity index (χ0n) is 14.6. The first-order valence-electron chi connectivity index (χ1n) is 8.38. The van der Waals surface area contributed by atoms with Gasteiger partial charge in [-0.1, -0.05) is 48.5 Å². The number of piperidine rings is 1. The van der Waals surface area contributed by atoms with Crippen molar-refractivity contribution in [2.24, 2.45) is 0 Å². The van der Waals surface area contributed by atoms with Crippen LogP contribution in [0.2, 0.25) is 0 Å². The maximum absolute atomic E-state index is 9.10. The molecule has 0 radical (unpaired) electrons. The molecule has 0 saturated carbocycles. The van der Waals surface area contributed by atoms with E-state index in [0.29, 0.717) is 5.92 Å². The van der Waals surface area contributed by atoms with Gasteiger partial charge in [-0.2, -0.15) is 0 Å². The molecular weight excluding hydrogens is 334 g/mol. The van der Waals surface area contributed by atoms with E-state index in [4.69, 9.17) is 24.5 Å². The van der Waals surface area contributed by atoms with Crippen molar-refractivity contribution >= 4 is 11.9 Å². The van der Waals surface area contributed by atoms with E-state index in [-0.39, 0.29) is 6.10 Å². The highest BCUT2D eigenvalue weighted by atomic mass is 16.5. The lowest BCUT2D eigenvalue weighted by atomic mass is 9.88. The van der Waals surface area contributed by atoms with Gasteiger partial charge >= 0.3 is 11.9 Å². The normalized spacial score (nSPS) is 19.7. The molecule has 2 N–H and O–H groups in total.